The third-order valence-electron chi connectivity index (χ3n) is 4.45. The number of likely N-dealkylation sites (tertiary alicyclic amines) is 1. The molecule has 2 N–H and O–H groups in total. The predicted molar refractivity (Wildman–Crippen MR) is 130 cm³/mol. The van der Waals surface area contributed by atoms with Crippen LogP contribution in [0.15, 0.2) is 4.99 Å². The van der Waals surface area contributed by atoms with Gasteiger partial charge in [0.25, 0.3) is 0 Å². The van der Waals surface area contributed by atoms with Gasteiger partial charge < -0.3 is 20.3 Å². The number of nitrogens with one attached hydrogen (secondary N) is 2. The summed E-state index contributed by atoms with van der Waals surface area (Å²) >= 11 is 1.70. The molecule has 0 aliphatic carbocycles. The van der Waals surface area contributed by atoms with Crippen LogP contribution >= 0.6 is 35.3 Å². The fourth-order valence-corrected chi connectivity index (χ4v) is 4.04. The molecule has 0 radical (unpaired) electrons. The van der Waals surface area contributed by atoms with Crippen molar-refractivity contribution in [3.8, 4) is 0 Å². The molecular weight excluding hydrogens is 501 g/mol. The van der Waals surface area contributed by atoms with Gasteiger partial charge in [-0.15, -0.1) is 35.3 Å². The maximum Gasteiger partial charge on any atom is 0.410 e. The Labute approximate surface area is 196 Å². The number of thiazole rings is 1. The second-order valence-corrected chi connectivity index (χ2v) is 9.54. The lowest BCUT2D eigenvalue weighted by atomic mass is 9.98. The van der Waals surface area contributed by atoms with Gasteiger partial charge in [-0.2, -0.15) is 0 Å². The summed E-state index contributed by atoms with van der Waals surface area (Å²) in [5, 5.41) is 7.81. The molecule has 1 aromatic rings. The first-order valence-electron chi connectivity index (χ1n) is 10.1. The molecule has 1 aliphatic heterocycles. The third-order valence-corrected chi connectivity index (χ3v) is 5.51. The largest absolute Gasteiger partial charge is 0.444 e. The molecule has 0 saturated carbocycles. The summed E-state index contributed by atoms with van der Waals surface area (Å²) in [6.45, 7) is 15.5. The van der Waals surface area contributed by atoms with Gasteiger partial charge in [0.1, 0.15) is 5.60 Å². The highest BCUT2D eigenvalue weighted by Crippen LogP contribution is 2.19. The van der Waals surface area contributed by atoms with Gasteiger partial charge in [-0.3, -0.25) is 0 Å². The standard InChI is InChI=1S/C20H35N5O2S.HI/c1-7-21-18(23-12-17-14(2)24-15(3)28-17)22-11-16-9-8-10-25(13-16)19(26)27-20(4,5)6;/h16H,7-13H2,1-6H3,(H2,21,22,23);1H. The lowest BCUT2D eigenvalue weighted by molar-refractivity contribution is 0.0168. The van der Waals surface area contributed by atoms with Crippen LogP contribution in [0.5, 0.6) is 0 Å². The molecule has 1 aromatic heterocycles. The Balaban J connectivity index is 0.00000420. The molecule has 166 valence electrons. The van der Waals surface area contributed by atoms with Crippen LogP contribution in [0.4, 0.5) is 4.79 Å². The molecule has 2 heterocycles. The number of ether oxygens (including phenoxy) is 1. The first-order chi connectivity index (χ1) is 13.2. The Hall–Kier alpha value is -1.10. The van der Waals surface area contributed by atoms with Crippen LogP contribution in [-0.2, 0) is 11.3 Å². The summed E-state index contributed by atoms with van der Waals surface area (Å²) in [6.07, 6.45) is 1.88. The summed E-state index contributed by atoms with van der Waals surface area (Å²) < 4.78 is 5.52. The minimum atomic E-state index is -0.458. The number of carbonyl (C=O) groups is 1. The number of aromatic nitrogens is 1. The van der Waals surface area contributed by atoms with Crippen LogP contribution in [0.3, 0.4) is 0 Å². The van der Waals surface area contributed by atoms with Gasteiger partial charge in [-0.05, 0) is 60.3 Å². The fraction of sp³-hybridized carbons (Fsp3) is 0.750. The SMILES string of the molecule is CCNC(=NCc1sc(C)nc1C)NCC1CCCN(C(=O)OC(C)(C)C)C1.I. The number of rotatable bonds is 5. The summed E-state index contributed by atoms with van der Waals surface area (Å²) in [7, 11) is 0. The van der Waals surface area contributed by atoms with E-state index in [4.69, 9.17) is 9.73 Å². The smallest absolute Gasteiger partial charge is 0.410 e. The fourth-order valence-electron chi connectivity index (χ4n) is 3.18. The van der Waals surface area contributed by atoms with Gasteiger partial charge in [0.2, 0.25) is 0 Å². The molecule has 2 rings (SSSR count). The van der Waals surface area contributed by atoms with E-state index >= 15 is 0 Å². The monoisotopic (exact) mass is 537 g/mol. The van der Waals surface area contributed by atoms with Crippen molar-refractivity contribution >= 4 is 47.4 Å². The van der Waals surface area contributed by atoms with Gasteiger partial charge in [-0.25, -0.2) is 14.8 Å². The summed E-state index contributed by atoms with van der Waals surface area (Å²) in [6, 6.07) is 0. The second kappa shape index (κ2) is 11.9. The summed E-state index contributed by atoms with van der Waals surface area (Å²) in [4.78, 5) is 24.5. The predicted octanol–water partition coefficient (Wildman–Crippen LogP) is 4.08. The Morgan fingerprint density at radius 2 is 2.07 bits per heavy atom. The number of halogens is 1. The zero-order valence-electron chi connectivity index (χ0n) is 18.5. The Kier molecular flexibility index (Phi) is 10.7. The molecule has 1 saturated heterocycles. The summed E-state index contributed by atoms with van der Waals surface area (Å²) in [5.41, 5.74) is 0.600. The Morgan fingerprint density at radius 1 is 1.34 bits per heavy atom. The number of piperidine rings is 1. The van der Waals surface area contributed by atoms with Crippen molar-refractivity contribution in [1.29, 1.82) is 0 Å². The minimum Gasteiger partial charge on any atom is -0.444 e. The van der Waals surface area contributed by atoms with E-state index in [1.807, 2.05) is 39.5 Å². The lowest BCUT2D eigenvalue weighted by Crippen LogP contribution is -2.47. The molecule has 1 fully saturated rings. The average molecular weight is 538 g/mol. The number of carbonyl (C=O) groups excluding carboxylic acids is 1. The second-order valence-electron chi connectivity index (χ2n) is 8.25. The van der Waals surface area contributed by atoms with Gasteiger partial charge in [0.05, 0.1) is 17.2 Å². The first-order valence-corrected chi connectivity index (χ1v) is 10.9. The number of aliphatic imine (C=N–C) groups is 1. The van der Waals surface area contributed by atoms with E-state index in [1.165, 1.54) is 4.88 Å². The molecule has 7 nitrogen and oxygen atoms in total. The van der Waals surface area contributed by atoms with E-state index in [0.717, 1.165) is 49.1 Å². The molecular formula is C20H36IN5O2S. The van der Waals surface area contributed by atoms with E-state index in [2.05, 4.69) is 22.5 Å². The van der Waals surface area contributed by atoms with Crippen LogP contribution in [0.2, 0.25) is 0 Å². The van der Waals surface area contributed by atoms with Gasteiger partial charge in [-0.1, -0.05) is 0 Å². The molecule has 1 aliphatic rings. The molecule has 1 atom stereocenters. The first kappa shape index (κ1) is 25.9. The number of amides is 1. The number of guanidine groups is 1. The Bertz CT molecular complexity index is 687. The Morgan fingerprint density at radius 3 is 2.66 bits per heavy atom. The highest BCUT2D eigenvalue weighted by Gasteiger charge is 2.27. The van der Waals surface area contributed by atoms with Crippen LogP contribution in [0.25, 0.3) is 0 Å². The van der Waals surface area contributed by atoms with Crippen molar-refractivity contribution in [1.82, 2.24) is 20.5 Å². The van der Waals surface area contributed by atoms with Crippen LogP contribution in [-0.4, -0.2) is 53.7 Å². The molecule has 9 heteroatoms. The highest BCUT2D eigenvalue weighted by molar-refractivity contribution is 14.0. The topological polar surface area (TPSA) is 78.9 Å². The maximum absolute atomic E-state index is 12.3. The van der Waals surface area contributed by atoms with Crippen molar-refractivity contribution < 1.29 is 9.53 Å². The van der Waals surface area contributed by atoms with Gasteiger partial charge in [0, 0.05) is 31.1 Å². The average Bonchev–Trinajstić information content (AvgIpc) is 2.93. The lowest BCUT2D eigenvalue weighted by Gasteiger charge is -2.34. The van der Waals surface area contributed by atoms with Crippen molar-refractivity contribution in [3.05, 3.63) is 15.6 Å². The van der Waals surface area contributed by atoms with E-state index in [-0.39, 0.29) is 30.1 Å². The molecule has 0 bridgehead atoms. The quantitative estimate of drug-likeness (QED) is 0.336. The van der Waals surface area contributed by atoms with Crippen LogP contribution in [0, 0.1) is 19.8 Å². The van der Waals surface area contributed by atoms with Gasteiger partial charge in [0.15, 0.2) is 5.96 Å². The highest BCUT2D eigenvalue weighted by atomic mass is 127. The minimum absolute atomic E-state index is 0. The van der Waals surface area contributed by atoms with E-state index in [1.54, 1.807) is 11.3 Å². The molecule has 0 spiro atoms. The van der Waals surface area contributed by atoms with Crippen molar-refractivity contribution in [2.45, 2.75) is 66.5 Å². The van der Waals surface area contributed by atoms with Crippen LogP contribution < -0.4 is 10.6 Å². The third kappa shape index (κ3) is 9.06. The van der Waals surface area contributed by atoms with E-state index in [9.17, 15) is 4.79 Å². The number of hydrogen-bond donors (Lipinski definition) is 2. The van der Waals surface area contributed by atoms with Crippen molar-refractivity contribution in [3.63, 3.8) is 0 Å². The maximum atomic E-state index is 12.3. The zero-order chi connectivity index (χ0) is 20.7. The van der Waals surface area contributed by atoms with Crippen molar-refractivity contribution in [2.75, 3.05) is 26.2 Å². The van der Waals surface area contributed by atoms with Crippen molar-refractivity contribution in [2.24, 2.45) is 10.9 Å². The number of nitrogens with zero attached hydrogens (tertiary/aromatic N) is 3. The zero-order valence-corrected chi connectivity index (χ0v) is 21.6. The molecule has 1 unspecified atom stereocenters. The molecule has 29 heavy (non-hydrogen) atoms. The molecule has 0 aromatic carbocycles. The van der Waals surface area contributed by atoms with Gasteiger partial charge >= 0.3 is 6.09 Å². The number of hydrogen-bond acceptors (Lipinski definition) is 5. The normalized spacial score (nSPS) is 17.5. The van der Waals surface area contributed by atoms with Crippen LogP contribution in [0.1, 0.15) is 56.1 Å². The molecule has 1 amide bonds. The number of aryl methyl sites for hydroxylation is 2. The van der Waals surface area contributed by atoms with E-state index < -0.39 is 5.60 Å². The summed E-state index contributed by atoms with van der Waals surface area (Å²) in [5.74, 6) is 1.19. The van der Waals surface area contributed by atoms with E-state index in [0.29, 0.717) is 19.0 Å².